The highest BCUT2D eigenvalue weighted by molar-refractivity contribution is 9.10. The number of carbonyl (C=O) groups excluding carboxylic acids is 1. The van der Waals surface area contributed by atoms with Crippen LogP contribution in [-0.4, -0.2) is 16.1 Å². The predicted octanol–water partition coefficient (Wildman–Crippen LogP) is 2.54. The van der Waals surface area contributed by atoms with E-state index in [9.17, 15) is 4.79 Å². The summed E-state index contributed by atoms with van der Waals surface area (Å²) in [6.07, 6.45) is 0. The number of aromatic nitrogens is 2. The van der Waals surface area contributed by atoms with Gasteiger partial charge in [-0.1, -0.05) is 23.5 Å². The van der Waals surface area contributed by atoms with Crippen LogP contribution in [0, 0.1) is 6.92 Å². The Morgan fingerprint density at radius 3 is 2.82 bits per heavy atom. The molecule has 0 spiro atoms. The van der Waals surface area contributed by atoms with Gasteiger partial charge in [-0.3, -0.25) is 4.79 Å². The van der Waals surface area contributed by atoms with Crippen LogP contribution in [0.3, 0.4) is 0 Å². The molecule has 2 rings (SSSR count). The van der Waals surface area contributed by atoms with E-state index in [0.29, 0.717) is 12.1 Å². The van der Waals surface area contributed by atoms with Crippen LogP contribution >= 0.6 is 27.3 Å². The molecule has 0 bridgehead atoms. The highest BCUT2D eigenvalue weighted by atomic mass is 79.9. The second-order valence-electron chi connectivity index (χ2n) is 3.38. The van der Waals surface area contributed by atoms with E-state index in [1.807, 2.05) is 25.1 Å². The molecule has 88 valence electrons. The number of nitrogens with zero attached hydrogens (tertiary/aromatic N) is 2. The molecule has 0 aliphatic rings. The van der Waals surface area contributed by atoms with Gasteiger partial charge in [0.1, 0.15) is 10.0 Å². The highest BCUT2D eigenvalue weighted by Crippen LogP contribution is 2.16. The quantitative estimate of drug-likeness (QED) is 0.947. The van der Waals surface area contributed by atoms with Crippen LogP contribution in [0.15, 0.2) is 28.7 Å². The van der Waals surface area contributed by atoms with E-state index in [1.165, 1.54) is 11.3 Å². The van der Waals surface area contributed by atoms with Crippen LogP contribution in [0.25, 0.3) is 0 Å². The summed E-state index contributed by atoms with van der Waals surface area (Å²) in [5.41, 5.74) is 0.619. The summed E-state index contributed by atoms with van der Waals surface area (Å²) in [6.45, 7) is 2.29. The van der Waals surface area contributed by atoms with Gasteiger partial charge in [0.25, 0.3) is 5.91 Å². The number of aryl methyl sites for hydroxylation is 1. The third-order valence-corrected chi connectivity index (χ3v) is 3.62. The van der Waals surface area contributed by atoms with Gasteiger partial charge in [-0.05, 0) is 35.0 Å². The number of halogens is 1. The molecule has 4 nitrogen and oxygen atoms in total. The fraction of sp³-hybridized carbons (Fsp3) is 0.182. The first-order chi connectivity index (χ1) is 8.16. The van der Waals surface area contributed by atoms with Crippen molar-refractivity contribution in [1.82, 2.24) is 15.5 Å². The summed E-state index contributed by atoms with van der Waals surface area (Å²) < 4.78 is 0.783. The van der Waals surface area contributed by atoms with Gasteiger partial charge in [-0.25, -0.2) is 0 Å². The molecular weight excluding hydrogens is 302 g/mol. The molecule has 0 atom stereocenters. The van der Waals surface area contributed by atoms with Crippen molar-refractivity contribution in [2.24, 2.45) is 0 Å². The van der Waals surface area contributed by atoms with Crippen molar-refractivity contribution in [3.63, 3.8) is 0 Å². The van der Waals surface area contributed by atoms with E-state index in [-0.39, 0.29) is 5.91 Å². The molecule has 1 amide bonds. The summed E-state index contributed by atoms with van der Waals surface area (Å²) >= 11 is 4.82. The minimum Gasteiger partial charge on any atom is -0.345 e. The SMILES string of the molecule is Cc1nnc(CNC(=O)c2ccccc2Br)s1. The van der Waals surface area contributed by atoms with Gasteiger partial charge in [-0.15, -0.1) is 10.2 Å². The van der Waals surface area contributed by atoms with E-state index in [1.54, 1.807) is 6.07 Å². The lowest BCUT2D eigenvalue weighted by atomic mass is 10.2. The number of hydrogen-bond donors (Lipinski definition) is 1. The lowest BCUT2D eigenvalue weighted by Gasteiger charge is -2.04. The monoisotopic (exact) mass is 311 g/mol. The summed E-state index contributed by atoms with van der Waals surface area (Å²) in [5.74, 6) is -0.120. The maximum atomic E-state index is 11.9. The summed E-state index contributed by atoms with van der Waals surface area (Å²) in [6, 6.07) is 7.30. The maximum Gasteiger partial charge on any atom is 0.252 e. The molecule has 1 heterocycles. The zero-order chi connectivity index (χ0) is 12.3. The minimum atomic E-state index is -0.120. The van der Waals surface area contributed by atoms with Crippen LogP contribution < -0.4 is 5.32 Å². The molecule has 1 aromatic carbocycles. The Labute approximate surface area is 111 Å². The third-order valence-electron chi connectivity index (χ3n) is 2.09. The van der Waals surface area contributed by atoms with E-state index < -0.39 is 0 Å². The Bertz CT molecular complexity index is 541. The van der Waals surface area contributed by atoms with Gasteiger partial charge in [0.15, 0.2) is 0 Å². The molecule has 1 aromatic heterocycles. The number of rotatable bonds is 3. The second-order valence-corrected chi connectivity index (χ2v) is 5.50. The number of amides is 1. The maximum absolute atomic E-state index is 11.9. The third kappa shape index (κ3) is 3.10. The van der Waals surface area contributed by atoms with Gasteiger partial charge in [0.2, 0.25) is 0 Å². The summed E-state index contributed by atoms with van der Waals surface area (Å²) in [5, 5.41) is 12.4. The van der Waals surface area contributed by atoms with Crippen molar-refractivity contribution in [3.05, 3.63) is 44.3 Å². The highest BCUT2D eigenvalue weighted by Gasteiger charge is 2.09. The van der Waals surface area contributed by atoms with Gasteiger partial charge >= 0.3 is 0 Å². The zero-order valence-electron chi connectivity index (χ0n) is 9.11. The first-order valence-electron chi connectivity index (χ1n) is 4.98. The van der Waals surface area contributed by atoms with Crippen molar-refractivity contribution in [3.8, 4) is 0 Å². The van der Waals surface area contributed by atoms with Gasteiger partial charge in [0.05, 0.1) is 12.1 Å². The van der Waals surface area contributed by atoms with Crippen molar-refractivity contribution in [2.45, 2.75) is 13.5 Å². The van der Waals surface area contributed by atoms with Crippen LogP contribution in [0.4, 0.5) is 0 Å². The zero-order valence-corrected chi connectivity index (χ0v) is 11.5. The lowest BCUT2D eigenvalue weighted by Crippen LogP contribution is -2.23. The van der Waals surface area contributed by atoms with Crippen molar-refractivity contribution < 1.29 is 4.79 Å². The fourth-order valence-corrected chi connectivity index (χ4v) is 2.42. The first-order valence-corrected chi connectivity index (χ1v) is 6.59. The molecule has 0 aliphatic carbocycles. The Hall–Kier alpha value is -1.27. The fourth-order valence-electron chi connectivity index (χ4n) is 1.31. The molecule has 0 unspecified atom stereocenters. The molecule has 6 heteroatoms. The lowest BCUT2D eigenvalue weighted by molar-refractivity contribution is 0.0950. The number of benzene rings is 1. The standard InChI is InChI=1S/C11H10BrN3OS/c1-7-14-15-10(17-7)6-13-11(16)8-4-2-3-5-9(8)12/h2-5H,6H2,1H3,(H,13,16). The van der Waals surface area contributed by atoms with Crippen LogP contribution in [0.2, 0.25) is 0 Å². The summed E-state index contributed by atoms with van der Waals surface area (Å²) in [7, 11) is 0. The molecule has 0 saturated heterocycles. The predicted molar refractivity (Wildman–Crippen MR) is 70.0 cm³/mol. The number of nitrogens with one attached hydrogen (secondary N) is 1. The molecule has 1 N–H and O–H groups in total. The van der Waals surface area contributed by atoms with Crippen LogP contribution in [-0.2, 0) is 6.54 Å². The molecular formula is C11H10BrN3OS. The Morgan fingerprint density at radius 1 is 1.41 bits per heavy atom. The van der Waals surface area contributed by atoms with Gasteiger partial charge in [0, 0.05) is 4.47 Å². The van der Waals surface area contributed by atoms with E-state index in [2.05, 4.69) is 31.4 Å². The van der Waals surface area contributed by atoms with E-state index >= 15 is 0 Å². The Kier molecular flexibility index (Phi) is 3.86. The Morgan fingerprint density at radius 2 is 2.18 bits per heavy atom. The van der Waals surface area contributed by atoms with Crippen LogP contribution in [0.5, 0.6) is 0 Å². The number of hydrogen-bond acceptors (Lipinski definition) is 4. The molecule has 2 aromatic rings. The topological polar surface area (TPSA) is 54.9 Å². The van der Waals surface area contributed by atoms with Crippen molar-refractivity contribution >= 4 is 33.2 Å². The average Bonchev–Trinajstić information content (AvgIpc) is 2.73. The molecule has 0 fully saturated rings. The molecule has 17 heavy (non-hydrogen) atoms. The van der Waals surface area contributed by atoms with E-state index in [4.69, 9.17) is 0 Å². The van der Waals surface area contributed by atoms with E-state index in [0.717, 1.165) is 14.5 Å². The second kappa shape index (κ2) is 5.37. The smallest absolute Gasteiger partial charge is 0.252 e. The Balaban J connectivity index is 2.01. The molecule has 0 saturated carbocycles. The van der Waals surface area contributed by atoms with Gasteiger partial charge < -0.3 is 5.32 Å². The van der Waals surface area contributed by atoms with Gasteiger partial charge in [-0.2, -0.15) is 0 Å². The van der Waals surface area contributed by atoms with Crippen molar-refractivity contribution in [2.75, 3.05) is 0 Å². The minimum absolute atomic E-state index is 0.120. The molecule has 0 aliphatic heterocycles. The number of carbonyl (C=O) groups is 1. The largest absolute Gasteiger partial charge is 0.345 e. The first kappa shape index (κ1) is 12.2. The molecule has 0 radical (unpaired) electrons. The normalized spacial score (nSPS) is 10.2. The average molecular weight is 312 g/mol. The van der Waals surface area contributed by atoms with Crippen molar-refractivity contribution in [1.29, 1.82) is 0 Å². The summed E-state index contributed by atoms with van der Waals surface area (Å²) in [4.78, 5) is 11.9. The van der Waals surface area contributed by atoms with Crippen LogP contribution in [0.1, 0.15) is 20.4 Å².